The first kappa shape index (κ1) is 13.3. The van der Waals surface area contributed by atoms with Gasteiger partial charge in [0.2, 0.25) is 0 Å². The second-order valence-electron chi connectivity index (χ2n) is 5.42. The van der Waals surface area contributed by atoms with Crippen LogP contribution in [-0.2, 0) is 19.4 Å². The van der Waals surface area contributed by atoms with E-state index in [0.717, 1.165) is 38.2 Å². The maximum atomic E-state index is 4.59. The first-order chi connectivity index (χ1) is 9.88. The topological polar surface area (TPSA) is 42.7 Å². The van der Waals surface area contributed by atoms with Gasteiger partial charge < -0.3 is 5.32 Å². The lowest BCUT2D eigenvalue weighted by Gasteiger charge is -2.13. The van der Waals surface area contributed by atoms with Crippen LogP contribution in [0.3, 0.4) is 0 Å². The zero-order chi connectivity index (χ0) is 13.8. The molecule has 4 heteroatoms. The van der Waals surface area contributed by atoms with E-state index < -0.39 is 0 Å². The van der Waals surface area contributed by atoms with Gasteiger partial charge in [0.1, 0.15) is 12.1 Å². The van der Waals surface area contributed by atoms with Gasteiger partial charge in [0.15, 0.2) is 0 Å². The Bertz CT molecular complexity index is 556. The van der Waals surface area contributed by atoms with E-state index in [1.807, 2.05) is 12.5 Å². The molecule has 2 aromatic rings. The fourth-order valence-electron chi connectivity index (χ4n) is 2.74. The van der Waals surface area contributed by atoms with Gasteiger partial charge in [0.25, 0.3) is 0 Å². The van der Waals surface area contributed by atoms with E-state index in [1.54, 1.807) is 0 Å². The van der Waals surface area contributed by atoms with Gasteiger partial charge in [-0.05, 0) is 50.3 Å². The molecule has 0 atom stereocenters. The van der Waals surface area contributed by atoms with Gasteiger partial charge in [-0.2, -0.15) is 0 Å². The second-order valence-corrected chi connectivity index (χ2v) is 5.42. The highest BCUT2D eigenvalue weighted by molar-refractivity contribution is 5.31. The van der Waals surface area contributed by atoms with Crippen LogP contribution in [0.4, 0.5) is 0 Å². The van der Waals surface area contributed by atoms with Crippen LogP contribution in [0.2, 0.25) is 0 Å². The number of pyridine rings is 1. The van der Waals surface area contributed by atoms with Crippen LogP contribution in [-0.4, -0.2) is 21.1 Å². The average Bonchev–Trinajstić information content (AvgIpc) is 2.92. The number of imidazole rings is 1. The van der Waals surface area contributed by atoms with Crippen molar-refractivity contribution in [2.45, 2.75) is 45.6 Å². The minimum atomic E-state index is 0.892. The van der Waals surface area contributed by atoms with Crippen LogP contribution in [0.25, 0.3) is 5.82 Å². The van der Waals surface area contributed by atoms with Gasteiger partial charge in [-0.25, -0.2) is 9.97 Å². The number of nitrogens with one attached hydrogen (secondary N) is 1. The first-order valence-corrected chi connectivity index (χ1v) is 7.59. The van der Waals surface area contributed by atoms with Crippen molar-refractivity contribution in [1.82, 2.24) is 19.9 Å². The Kier molecular flexibility index (Phi) is 4.11. The molecular weight excluding hydrogens is 248 g/mol. The van der Waals surface area contributed by atoms with Gasteiger partial charge in [0.05, 0.1) is 5.69 Å². The van der Waals surface area contributed by atoms with Crippen molar-refractivity contribution < 1.29 is 0 Å². The van der Waals surface area contributed by atoms with Crippen LogP contribution in [0.5, 0.6) is 0 Å². The molecule has 0 bridgehead atoms. The zero-order valence-corrected chi connectivity index (χ0v) is 12.1. The standard InChI is InChI=1S/C16H22N4/c1-2-9-17-10-13-7-8-16(18-11-13)20-12-19-14-5-3-4-6-15(14)20/h7-8,11-12,17H,2-6,9-10H2,1H3. The Morgan fingerprint density at radius 2 is 2.10 bits per heavy atom. The van der Waals surface area contributed by atoms with Crippen LogP contribution in [0.15, 0.2) is 24.7 Å². The van der Waals surface area contributed by atoms with E-state index in [0.29, 0.717) is 0 Å². The van der Waals surface area contributed by atoms with E-state index in [4.69, 9.17) is 0 Å². The molecule has 3 rings (SSSR count). The number of nitrogens with zero attached hydrogens (tertiary/aromatic N) is 3. The first-order valence-electron chi connectivity index (χ1n) is 7.59. The molecule has 0 aliphatic heterocycles. The summed E-state index contributed by atoms with van der Waals surface area (Å²) in [6, 6.07) is 4.25. The summed E-state index contributed by atoms with van der Waals surface area (Å²) in [5.74, 6) is 0.986. The van der Waals surface area contributed by atoms with Gasteiger partial charge >= 0.3 is 0 Å². The van der Waals surface area contributed by atoms with Crippen molar-refractivity contribution in [3.05, 3.63) is 41.6 Å². The Balaban J connectivity index is 1.76. The van der Waals surface area contributed by atoms with E-state index >= 15 is 0 Å². The summed E-state index contributed by atoms with van der Waals surface area (Å²) in [4.78, 5) is 9.12. The largest absolute Gasteiger partial charge is 0.313 e. The van der Waals surface area contributed by atoms with Crippen molar-refractivity contribution in [3.63, 3.8) is 0 Å². The van der Waals surface area contributed by atoms with Crippen molar-refractivity contribution >= 4 is 0 Å². The lowest BCUT2D eigenvalue weighted by atomic mass is 10.0. The fraction of sp³-hybridized carbons (Fsp3) is 0.500. The molecule has 0 spiro atoms. The van der Waals surface area contributed by atoms with Crippen molar-refractivity contribution in [2.75, 3.05) is 6.54 Å². The minimum absolute atomic E-state index is 0.892. The summed E-state index contributed by atoms with van der Waals surface area (Å²) in [5, 5.41) is 3.40. The monoisotopic (exact) mass is 270 g/mol. The quantitative estimate of drug-likeness (QED) is 0.849. The van der Waals surface area contributed by atoms with Crippen molar-refractivity contribution in [2.24, 2.45) is 0 Å². The third kappa shape index (κ3) is 2.75. The van der Waals surface area contributed by atoms with Gasteiger partial charge in [0, 0.05) is 18.4 Å². The molecular formula is C16H22N4. The lowest BCUT2D eigenvalue weighted by Crippen LogP contribution is -2.14. The third-order valence-electron chi connectivity index (χ3n) is 3.84. The van der Waals surface area contributed by atoms with Gasteiger partial charge in [-0.15, -0.1) is 0 Å². The molecule has 4 nitrogen and oxygen atoms in total. The number of aromatic nitrogens is 3. The number of fused-ring (bicyclic) bond motifs is 1. The number of hydrogen-bond acceptors (Lipinski definition) is 3. The third-order valence-corrected chi connectivity index (χ3v) is 3.84. The van der Waals surface area contributed by atoms with Crippen LogP contribution in [0, 0.1) is 0 Å². The Morgan fingerprint density at radius 3 is 2.90 bits per heavy atom. The predicted octanol–water partition coefficient (Wildman–Crippen LogP) is 2.65. The summed E-state index contributed by atoms with van der Waals surface area (Å²) in [6.45, 7) is 4.12. The summed E-state index contributed by atoms with van der Waals surface area (Å²) >= 11 is 0. The van der Waals surface area contributed by atoms with Gasteiger partial charge in [-0.3, -0.25) is 4.57 Å². The number of rotatable bonds is 5. The fourth-order valence-corrected chi connectivity index (χ4v) is 2.74. The molecule has 0 radical (unpaired) electrons. The Labute approximate surface area is 120 Å². The van der Waals surface area contributed by atoms with Gasteiger partial charge in [-0.1, -0.05) is 13.0 Å². The summed E-state index contributed by atoms with van der Waals surface area (Å²) in [5.41, 5.74) is 3.84. The molecule has 0 unspecified atom stereocenters. The molecule has 0 saturated carbocycles. The molecule has 1 aliphatic rings. The van der Waals surface area contributed by atoms with Crippen LogP contribution < -0.4 is 5.32 Å². The van der Waals surface area contributed by atoms with E-state index in [-0.39, 0.29) is 0 Å². The number of aryl methyl sites for hydroxylation is 1. The maximum Gasteiger partial charge on any atom is 0.138 e. The zero-order valence-electron chi connectivity index (χ0n) is 12.1. The molecule has 0 fully saturated rings. The predicted molar refractivity (Wildman–Crippen MR) is 80.0 cm³/mol. The van der Waals surface area contributed by atoms with E-state index in [2.05, 4.69) is 38.9 Å². The normalized spacial score (nSPS) is 14.2. The smallest absolute Gasteiger partial charge is 0.138 e. The van der Waals surface area contributed by atoms with Crippen molar-refractivity contribution in [3.8, 4) is 5.82 Å². The Morgan fingerprint density at radius 1 is 1.20 bits per heavy atom. The van der Waals surface area contributed by atoms with Crippen LogP contribution >= 0.6 is 0 Å². The molecule has 2 aromatic heterocycles. The molecule has 0 amide bonds. The molecule has 1 N–H and O–H groups in total. The molecule has 1 aliphatic carbocycles. The highest BCUT2D eigenvalue weighted by atomic mass is 15.1. The van der Waals surface area contributed by atoms with E-state index in [9.17, 15) is 0 Å². The average molecular weight is 270 g/mol. The lowest BCUT2D eigenvalue weighted by molar-refractivity contribution is 0.653. The molecule has 2 heterocycles. The molecule has 0 saturated heterocycles. The summed E-state index contributed by atoms with van der Waals surface area (Å²) < 4.78 is 2.15. The molecule has 106 valence electrons. The highest BCUT2D eigenvalue weighted by Gasteiger charge is 2.16. The van der Waals surface area contributed by atoms with Crippen molar-refractivity contribution in [1.29, 1.82) is 0 Å². The van der Waals surface area contributed by atoms with Crippen LogP contribution in [0.1, 0.15) is 43.1 Å². The van der Waals surface area contributed by atoms with E-state index in [1.165, 1.54) is 29.8 Å². The molecule has 0 aromatic carbocycles. The summed E-state index contributed by atoms with van der Waals surface area (Å²) in [7, 11) is 0. The summed E-state index contributed by atoms with van der Waals surface area (Å²) in [6.07, 6.45) is 9.81. The maximum absolute atomic E-state index is 4.59. The Hall–Kier alpha value is -1.68. The SMILES string of the molecule is CCCNCc1ccc(-n2cnc3c2CCCC3)nc1. The highest BCUT2D eigenvalue weighted by Crippen LogP contribution is 2.22. The minimum Gasteiger partial charge on any atom is -0.313 e. The second kappa shape index (κ2) is 6.18. The molecule has 20 heavy (non-hydrogen) atoms. The number of hydrogen-bond donors (Lipinski definition) is 1.